The Kier molecular flexibility index (Phi) is 5.13. The number of hydrogen-bond donors (Lipinski definition) is 1. The number of nitrogens with one attached hydrogen (secondary N) is 1. The van der Waals surface area contributed by atoms with E-state index in [1.165, 1.54) is 0 Å². The third-order valence-electron chi connectivity index (χ3n) is 3.21. The molecule has 1 heterocycles. The fourth-order valence-electron chi connectivity index (χ4n) is 2.39. The number of esters is 1. The van der Waals surface area contributed by atoms with Crippen LogP contribution in [0.2, 0.25) is 0 Å². The van der Waals surface area contributed by atoms with Crippen LogP contribution in [-0.2, 0) is 20.7 Å². The van der Waals surface area contributed by atoms with E-state index in [4.69, 9.17) is 14.2 Å². The molecule has 0 aliphatic carbocycles. The summed E-state index contributed by atoms with van der Waals surface area (Å²) in [6.45, 7) is 7.09. The van der Waals surface area contributed by atoms with Gasteiger partial charge in [0.15, 0.2) is 24.7 Å². The van der Waals surface area contributed by atoms with E-state index in [1.807, 2.05) is 39.8 Å². The SMILES string of the molecule is CC(C)NC(=O)COC(=O)COc1cccc2c1OC(C)(C)C2. The number of carbonyl (C=O) groups excluding carboxylic acids is 2. The minimum Gasteiger partial charge on any atom is -0.483 e. The van der Waals surface area contributed by atoms with Crippen LogP contribution in [0.15, 0.2) is 18.2 Å². The van der Waals surface area contributed by atoms with Crippen molar-refractivity contribution in [3.05, 3.63) is 23.8 Å². The largest absolute Gasteiger partial charge is 0.483 e. The van der Waals surface area contributed by atoms with Crippen molar-refractivity contribution in [2.24, 2.45) is 0 Å². The summed E-state index contributed by atoms with van der Waals surface area (Å²) in [5, 5.41) is 2.64. The molecule has 0 bridgehead atoms. The zero-order valence-corrected chi connectivity index (χ0v) is 14.0. The molecule has 6 nitrogen and oxygen atoms in total. The summed E-state index contributed by atoms with van der Waals surface area (Å²) < 4.78 is 16.2. The minimum absolute atomic E-state index is 0.00450. The van der Waals surface area contributed by atoms with Crippen molar-refractivity contribution in [3.8, 4) is 11.5 Å². The molecule has 1 aliphatic rings. The van der Waals surface area contributed by atoms with Gasteiger partial charge in [0.25, 0.3) is 5.91 Å². The fourth-order valence-corrected chi connectivity index (χ4v) is 2.39. The van der Waals surface area contributed by atoms with Crippen molar-refractivity contribution < 1.29 is 23.8 Å². The van der Waals surface area contributed by atoms with Gasteiger partial charge in [-0.25, -0.2) is 4.79 Å². The summed E-state index contributed by atoms with van der Waals surface area (Å²) in [4.78, 5) is 23.1. The Bertz CT molecular complexity index is 595. The smallest absolute Gasteiger partial charge is 0.344 e. The molecule has 1 aromatic rings. The first kappa shape index (κ1) is 17.1. The third-order valence-corrected chi connectivity index (χ3v) is 3.21. The topological polar surface area (TPSA) is 73.9 Å². The van der Waals surface area contributed by atoms with E-state index < -0.39 is 5.97 Å². The molecule has 2 rings (SSSR count). The van der Waals surface area contributed by atoms with Crippen molar-refractivity contribution in [3.63, 3.8) is 0 Å². The number of fused-ring (bicyclic) bond motifs is 1. The van der Waals surface area contributed by atoms with Gasteiger partial charge < -0.3 is 19.5 Å². The summed E-state index contributed by atoms with van der Waals surface area (Å²) in [7, 11) is 0. The Hall–Kier alpha value is -2.24. The lowest BCUT2D eigenvalue weighted by Gasteiger charge is -2.18. The van der Waals surface area contributed by atoms with Crippen LogP contribution < -0.4 is 14.8 Å². The Morgan fingerprint density at radius 2 is 2.04 bits per heavy atom. The summed E-state index contributed by atoms with van der Waals surface area (Å²) in [6.07, 6.45) is 0.791. The Morgan fingerprint density at radius 3 is 2.74 bits per heavy atom. The van der Waals surface area contributed by atoms with E-state index in [9.17, 15) is 9.59 Å². The molecule has 0 radical (unpaired) electrons. The first-order valence-corrected chi connectivity index (χ1v) is 7.65. The molecule has 1 aliphatic heterocycles. The lowest BCUT2D eigenvalue weighted by Crippen LogP contribution is -2.34. The van der Waals surface area contributed by atoms with E-state index in [-0.39, 0.29) is 30.8 Å². The van der Waals surface area contributed by atoms with Crippen molar-refractivity contribution in [1.82, 2.24) is 5.32 Å². The second-order valence-corrected chi connectivity index (χ2v) is 6.45. The minimum atomic E-state index is -0.598. The van der Waals surface area contributed by atoms with Crippen molar-refractivity contribution in [2.45, 2.75) is 45.8 Å². The Balaban J connectivity index is 1.84. The van der Waals surface area contributed by atoms with E-state index in [1.54, 1.807) is 6.07 Å². The average molecular weight is 321 g/mol. The number of benzene rings is 1. The molecular weight excluding hydrogens is 298 g/mol. The fraction of sp³-hybridized carbons (Fsp3) is 0.529. The highest BCUT2D eigenvalue weighted by Crippen LogP contribution is 2.41. The monoisotopic (exact) mass is 321 g/mol. The quantitative estimate of drug-likeness (QED) is 0.809. The zero-order chi connectivity index (χ0) is 17.0. The molecule has 6 heteroatoms. The molecule has 0 aromatic heterocycles. The van der Waals surface area contributed by atoms with Crippen LogP contribution in [-0.4, -0.2) is 36.7 Å². The molecule has 1 amide bonds. The maximum atomic E-state index is 11.7. The Morgan fingerprint density at radius 1 is 1.30 bits per heavy atom. The number of hydrogen-bond acceptors (Lipinski definition) is 5. The number of para-hydroxylation sites is 1. The molecule has 23 heavy (non-hydrogen) atoms. The van der Waals surface area contributed by atoms with E-state index in [2.05, 4.69) is 5.32 Å². The second kappa shape index (κ2) is 6.89. The predicted molar refractivity (Wildman–Crippen MR) is 84.6 cm³/mol. The van der Waals surface area contributed by atoms with Gasteiger partial charge in [-0.05, 0) is 33.8 Å². The van der Waals surface area contributed by atoms with Crippen molar-refractivity contribution in [1.29, 1.82) is 0 Å². The summed E-state index contributed by atoms with van der Waals surface area (Å²) in [5.41, 5.74) is 0.772. The van der Waals surface area contributed by atoms with Gasteiger partial charge in [-0.3, -0.25) is 4.79 Å². The van der Waals surface area contributed by atoms with Gasteiger partial charge in [0.1, 0.15) is 5.60 Å². The highest BCUT2D eigenvalue weighted by atomic mass is 16.6. The van der Waals surface area contributed by atoms with E-state index in [0.717, 1.165) is 12.0 Å². The van der Waals surface area contributed by atoms with Gasteiger partial charge in [0, 0.05) is 18.0 Å². The lowest BCUT2D eigenvalue weighted by molar-refractivity contribution is -0.150. The van der Waals surface area contributed by atoms with Crippen LogP contribution in [0.4, 0.5) is 0 Å². The first-order chi connectivity index (χ1) is 10.8. The zero-order valence-electron chi connectivity index (χ0n) is 14.0. The molecule has 0 saturated carbocycles. The van der Waals surface area contributed by atoms with Gasteiger partial charge in [-0.15, -0.1) is 0 Å². The number of amides is 1. The molecule has 0 saturated heterocycles. The Labute approximate surface area is 136 Å². The van der Waals surface area contributed by atoms with Gasteiger partial charge in [-0.2, -0.15) is 0 Å². The number of rotatable bonds is 6. The number of ether oxygens (including phenoxy) is 3. The van der Waals surface area contributed by atoms with Gasteiger partial charge >= 0.3 is 5.97 Å². The highest BCUT2D eigenvalue weighted by Gasteiger charge is 2.32. The predicted octanol–water partition coefficient (Wildman–Crippen LogP) is 1.85. The lowest BCUT2D eigenvalue weighted by atomic mass is 10.0. The van der Waals surface area contributed by atoms with Gasteiger partial charge in [0.05, 0.1) is 0 Å². The normalized spacial score (nSPS) is 14.8. The third kappa shape index (κ3) is 4.87. The standard InChI is InChI=1S/C17H23NO5/c1-11(2)18-14(19)9-22-15(20)10-21-13-7-5-6-12-8-17(3,4)23-16(12)13/h5-7,11H,8-10H2,1-4H3,(H,18,19). The molecular formula is C17H23NO5. The second-order valence-electron chi connectivity index (χ2n) is 6.45. The van der Waals surface area contributed by atoms with Gasteiger partial charge in [-0.1, -0.05) is 12.1 Å². The average Bonchev–Trinajstić information content (AvgIpc) is 2.76. The molecule has 1 N–H and O–H groups in total. The molecule has 0 spiro atoms. The highest BCUT2D eigenvalue weighted by molar-refractivity contribution is 5.81. The van der Waals surface area contributed by atoms with Crippen LogP contribution in [0.1, 0.15) is 33.3 Å². The summed E-state index contributed by atoms with van der Waals surface area (Å²) in [6, 6.07) is 5.59. The maximum Gasteiger partial charge on any atom is 0.344 e. The summed E-state index contributed by atoms with van der Waals surface area (Å²) in [5.74, 6) is 0.248. The van der Waals surface area contributed by atoms with Gasteiger partial charge in [0.2, 0.25) is 0 Å². The molecule has 0 atom stereocenters. The van der Waals surface area contributed by atoms with E-state index >= 15 is 0 Å². The molecule has 0 fully saturated rings. The summed E-state index contributed by atoms with van der Waals surface area (Å²) >= 11 is 0. The van der Waals surface area contributed by atoms with Crippen LogP contribution >= 0.6 is 0 Å². The molecule has 126 valence electrons. The van der Waals surface area contributed by atoms with Crippen LogP contribution in [0.25, 0.3) is 0 Å². The molecule has 0 unspecified atom stereocenters. The van der Waals surface area contributed by atoms with Crippen LogP contribution in [0.5, 0.6) is 11.5 Å². The number of carbonyl (C=O) groups is 2. The van der Waals surface area contributed by atoms with Crippen LogP contribution in [0, 0.1) is 0 Å². The van der Waals surface area contributed by atoms with Crippen molar-refractivity contribution in [2.75, 3.05) is 13.2 Å². The van der Waals surface area contributed by atoms with Crippen molar-refractivity contribution >= 4 is 11.9 Å². The van der Waals surface area contributed by atoms with E-state index in [0.29, 0.717) is 11.5 Å². The maximum absolute atomic E-state index is 11.7. The first-order valence-electron chi connectivity index (χ1n) is 7.65. The molecule has 1 aromatic carbocycles. The van der Waals surface area contributed by atoms with Crippen LogP contribution in [0.3, 0.4) is 0 Å².